The average molecular weight is 312 g/mol. The summed E-state index contributed by atoms with van der Waals surface area (Å²) in [6.45, 7) is 1.47. The van der Waals surface area contributed by atoms with Gasteiger partial charge in [-0.25, -0.2) is 13.2 Å². The molecule has 1 N–H and O–H groups in total. The van der Waals surface area contributed by atoms with Gasteiger partial charge >= 0.3 is 6.18 Å². The van der Waals surface area contributed by atoms with E-state index in [1.165, 1.54) is 4.90 Å². The van der Waals surface area contributed by atoms with E-state index >= 15 is 0 Å². The van der Waals surface area contributed by atoms with Crippen molar-refractivity contribution in [2.75, 3.05) is 26.2 Å². The van der Waals surface area contributed by atoms with Crippen LogP contribution in [0.3, 0.4) is 0 Å². The molecule has 0 aromatic heterocycles. The highest BCUT2D eigenvalue weighted by Crippen LogP contribution is 2.34. The second-order valence-electron chi connectivity index (χ2n) is 4.84. The summed E-state index contributed by atoms with van der Waals surface area (Å²) >= 11 is 0. The minimum absolute atomic E-state index is 0.271. The van der Waals surface area contributed by atoms with Crippen molar-refractivity contribution in [2.24, 2.45) is 0 Å². The highest BCUT2D eigenvalue weighted by Gasteiger charge is 2.35. The normalized spacial score (nSPS) is 19.0. The van der Waals surface area contributed by atoms with Crippen LogP contribution in [0.25, 0.3) is 0 Å². The van der Waals surface area contributed by atoms with Crippen molar-refractivity contribution < 1.29 is 26.3 Å². The molecule has 21 heavy (non-hydrogen) atoms. The van der Waals surface area contributed by atoms with Crippen LogP contribution in [0.4, 0.5) is 26.3 Å². The fourth-order valence-corrected chi connectivity index (χ4v) is 2.42. The first-order chi connectivity index (χ1) is 9.79. The molecule has 8 heteroatoms. The van der Waals surface area contributed by atoms with Crippen LogP contribution in [-0.4, -0.2) is 37.5 Å². The molecule has 0 saturated carbocycles. The summed E-state index contributed by atoms with van der Waals surface area (Å²) in [5.74, 6) is -1.17. The van der Waals surface area contributed by atoms with Gasteiger partial charge in [0.15, 0.2) is 0 Å². The van der Waals surface area contributed by atoms with Crippen LogP contribution in [0.1, 0.15) is 17.2 Å². The third kappa shape index (κ3) is 3.88. The van der Waals surface area contributed by atoms with E-state index < -0.39 is 30.0 Å². The topological polar surface area (TPSA) is 15.3 Å². The average Bonchev–Trinajstić information content (AvgIpc) is 2.38. The van der Waals surface area contributed by atoms with Crippen molar-refractivity contribution in [1.29, 1.82) is 0 Å². The Morgan fingerprint density at radius 2 is 1.67 bits per heavy atom. The van der Waals surface area contributed by atoms with Crippen molar-refractivity contribution in [3.8, 4) is 0 Å². The number of alkyl halides is 5. The van der Waals surface area contributed by atoms with Crippen molar-refractivity contribution >= 4 is 0 Å². The lowest BCUT2D eigenvalue weighted by Gasteiger charge is -2.34. The largest absolute Gasteiger partial charge is 0.416 e. The maximum Gasteiger partial charge on any atom is 0.416 e. The van der Waals surface area contributed by atoms with Crippen molar-refractivity contribution in [3.05, 3.63) is 35.1 Å². The lowest BCUT2D eigenvalue weighted by molar-refractivity contribution is -0.137. The summed E-state index contributed by atoms with van der Waals surface area (Å²) in [6, 6.07) is 0.115. The molecule has 0 aliphatic carbocycles. The van der Waals surface area contributed by atoms with Gasteiger partial charge in [0.25, 0.3) is 6.43 Å². The molecular formula is C13H14F6N2. The van der Waals surface area contributed by atoms with E-state index in [1.54, 1.807) is 0 Å². The van der Waals surface area contributed by atoms with E-state index in [1.807, 2.05) is 0 Å². The SMILES string of the molecule is Fc1cc([C@@H](C(F)F)N2CCNCC2)cc(C(F)(F)F)c1. The van der Waals surface area contributed by atoms with Crippen LogP contribution >= 0.6 is 0 Å². The Balaban J connectivity index is 2.38. The highest BCUT2D eigenvalue weighted by atomic mass is 19.4. The molecule has 118 valence electrons. The zero-order chi connectivity index (χ0) is 15.6. The maximum absolute atomic E-state index is 13.4. The van der Waals surface area contributed by atoms with E-state index in [0.717, 1.165) is 6.07 Å². The molecule has 0 spiro atoms. The van der Waals surface area contributed by atoms with Crippen LogP contribution in [0.5, 0.6) is 0 Å². The molecule has 2 rings (SSSR count). The van der Waals surface area contributed by atoms with Gasteiger partial charge in [0, 0.05) is 26.2 Å². The fraction of sp³-hybridized carbons (Fsp3) is 0.538. The first-order valence-corrected chi connectivity index (χ1v) is 6.39. The Morgan fingerprint density at radius 3 is 2.19 bits per heavy atom. The molecule has 0 radical (unpaired) electrons. The van der Waals surface area contributed by atoms with Crippen LogP contribution in [0, 0.1) is 5.82 Å². The maximum atomic E-state index is 13.4. The van der Waals surface area contributed by atoms with Gasteiger partial charge in [-0.3, -0.25) is 4.90 Å². The molecule has 1 fully saturated rings. The summed E-state index contributed by atoms with van der Waals surface area (Å²) in [6.07, 6.45) is -7.67. The van der Waals surface area contributed by atoms with Gasteiger partial charge in [-0.05, 0) is 23.8 Å². The molecule has 1 atom stereocenters. The van der Waals surface area contributed by atoms with Gasteiger partial charge in [0.05, 0.1) is 11.6 Å². The lowest BCUT2D eigenvalue weighted by atomic mass is 10.0. The van der Waals surface area contributed by atoms with Gasteiger partial charge in [-0.1, -0.05) is 0 Å². The van der Waals surface area contributed by atoms with Crippen molar-refractivity contribution in [3.63, 3.8) is 0 Å². The number of halogens is 6. The first-order valence-electron chi connectivity index (χ1n) is 6.39. The Labute approximate surface area is 117 Å². The molecule has 1 aromatic carbocycles. The third-order valence-corrected chi connectivity index (χ3v) is 3.37. The molecule has 1 aliphatic rings. The Kier molecular flexibility index (Phi) is 4.77. The van der Waals surface area contributed by atoms with Crippen LogP contribution < -0.4 is 5.32 Å². The van der Waals surface area contributed by atoms with Gasteiger partial charge in [-0.15, -0.1) is 0 Å². The van der Waals surface area contributed by atoms with Gasteiger partial charge in [-0.2, -0.15) is 13.2 Å². The molecule has 1 saturated heterocycles. The minimum atomic E-state index is -4.77. The van der Waals surface area contributed by atoms with E-state index in [9.17, 15) is 26.3 Å². The number of rotatable bonds is 3. The lowest BCUT2D eigenvalue weighted by Crippen LogP contribution is -2.47. The third-order valence-electron chi connectivity index (χ3n) is 3.37. The molecule has 0 amide bonds. The zero-order valence-corrected chi connectivity index (χ0v) is 10.9. The summed E-state index contributed by atoms with van der Waals surface area (Å²) in [5, 5.41) is 2.97. The summed E-state index contributed by atoms with van der Waals surface area (Å²) in [7, 11) is 0. The second kappa shape index (κ2) is 6.23. The number of benzene rings is 1. The van der Waals surface area contributed by atoms with E-state index in [-0.39, 0.29) is 18.7 Å². The predicted molar refractivity (Wildman–Crippen MR) is 64.6 cm³/mol. The Hall–Kier alpha value is -1.28. The molecule has 0 bridgehead atoms. The quantitative estimate of drug-likeness (QED) is 0.863. The predicted octanol–water partition coefficient (Wildman–Crippen LogP) is 3.06. The Bertz CT molecular complexity index is 482. The van der Waals surface area contributed by atoms with Gasteiger partial charge in [0.1, 0.15) is 5.82 Å². The molecule has 0 unspecified atom stereocenters. The second-order valence-corrected chi connectivity index (χ2v) is 4.84. The van der Waals surface area contributed by atoms with Crippen LogP contribution in [0.15, 0.2) is 18.2 Å². The molecule has 2 nitrogen and oxygen atoms in total. The summed E-state index contributed by atoms with van der Waals surface area (Å²) < 4.78 is 77.9. The number of piperazine rings is 1. The van der Waals surface area contributed by atoms with E-state index in [2.05, 4.69) is 5.32 Å². The summed E-state index contributed by atoms with van der Waals surface area (Å²) in [4.78, 5) is 1.37. The van der Waals surface area contributed by atoms with E-state index in [4.69, 9.17) is 0 Å². The number of nitrogens with zero attached hydrogens (tertiary/aromatic N) is 1. The summed E-state index contributed by atoms with van der Waals surface area (Å²) in [5.41, 5.74) is -1.60. The van der Waals surface area contributed by atoms with Gasteiger partial charge in [0.2, 0.25) is 0 Å². The molecule has 1 aliphatic heterocycles. The number of hydrogen-bond acceptors (Lipinski definition) is 2. The fourth-order valence-electron chi connectivity index (χ4n) is 2.42. The standard InChI is InChI=1S/C13H14F6N2/c14-10-6-8(5-9(7-10)13(17,18)19)11(12(15)16)21-3-1-20-2-4-21/h5-7,11-12,20H,1-4H2/t11-/m0/s1. The minimum Gasteiger partial charge on any atom is -0.314 e. The zero-order valence-electron chi connectivity index (χ0n) is 10.9. The molecule has 1 heterocycles. The number of hydrogen-bond donors (Lipinski definition) is 1. The number of nitrogens with one attached hydrogen (secondary N) is 1. The van der Waals surface area contributed by atoms with Gasteiger partial charge < -0.3 is 5.32 Å². The van der Waals surface area contributed by atoms with Crippen molar-refractivity contribution in [1.82, 2.24) is 10.2 Å². The smallest absolute Gasteiger partial charge is 0.314 e. The molecule has 1 aromatic rings. The first kappa shape index (κ1) is 16.1. The van der Waals surface area contributed by atoms with Crippen LogP contribution in [0.2, 0.25) is 0 Å². The molecular weight excluding hydrogens is 298 g/mol. The monoisotopic (exact) mass is 312 g/mol. The Morgan fingerprint density at radius 1 is 1.05 bits per heavy atom. The van der Waals surface area contributed by atoms with Crippen molar-refractivity contribution in [2.45, 2.75) is 18.6 Å². The van der Waals surface area contributed by atoms with E-state index in [0.29, 0.717) is 25.2 Å². The highest BCUT2D eigenvalue weighted by molar-refractivity contribution is 5.29. The van der Waals surface area contributed by atoms with Crippen LogP contribution in [-0.2, 0) is 6.18 Å².